The first kappa shape index (κ1) is 17.9. The Morgan fingerprint density at radius 1 is 1.10 bits per heavy atom. The molecule has 0 saturated carbocycles. The summed E-state index contributed by atoms with van der Waals surface area (Å²) in [5.41, 5.74) is 7.44. The molecule has 0 fully saturated rings. The molecule has 1 aliphatic heterocycles. The normalized spacial score (nSPS) is 13.2. The van der Waals surface area contributed by atoms with Crippen LogP contribution in [0.25, 0.3) is 33.4 Å². The van der Waals surface area contributed by atoms with Gasteiger partial charge in [0.25, 0.3) is 0 Å². The van der Waals surface area contributed by atoms with Crippen molar-refractivity contribution in [3.8, 4) is 28.3 Å². The monoisotopic (exact) mass is 384 g/mol. The molecule has 5 rings (SSSR count). The minimum atomic E-state index is 0.133. The number of hydrogen-bond acceptors (Lipinski definition) is 4. The number of rotatable bonds is 4. The average molecular weight is 384 g/mol. The van der Waals surface area contributed by atoms with Crippen molar-refractivity contribution in [2.45, 2.75) is 46.3 Å². The molecule has 1 aliphatic rings. The third-order valence-electron chi connectivity index (χ3n) is 5.33. The largest absolute Gasteiger partial charge is 0.491 e. The maximum Gasteiger partial charge on any atom is 0.121 e. The second-order valence-corrected chi connectivity index (χ2v) is 7.87. The molecule has 0 aliphatic carbocycles. The summed E-state index contributed by atoms with van der Waals surface area (Å²) >= 11 is 0. The Hall–Kier alpha value is -3.21. The zero-order valence-corrected chi connectivity index (χ0v) is 17.0. The van der Waals surface area contributed by atoms with Gasteiger partial charge in [-0.05, 0) is 69.5 Å². The molecular formula is C24H24N4O. The lowest BCUT2D eigenvalue weighted by molar-refractivity contribution is 0.242. The zero-order chi connectivity index (χ0) is 20.0. The average Bonchev–Trinajstić information content (AvgIpc) is 3.28. The van der Waals surface area contributed by atoms with Gasteiger partial charge < -0.3 is 4.74 Å². The van der Waals surface area contributed by atoms with E-state index in [4.69, 9.17) is 14.8 Å². The summed E-state index contributed by atoms with van der Waals surface area (Å²) in [6, 6.07) is 14.4. The van der Waals surface area contributed by atoms with Gasteiger partial charge in [-0.1, -0.05) is 6.07 Å². The molecule has 0 saturated heterocycles. The number of aryl methyl sites for hydroxylation is 2. The molecule has 4 aromatic rings. The Balaban J connectivity index is 1.73. The van der Waals surface area contributed by atoms with Crippen LogP contribution >= 0.6 is 0 Å². The predicted molar refractivity (Wildman–Crippen MR) is 115 cm³/mol. The number of aromatic nitrogens is 4. The lowest BCUT2D eigenvalue weighted by atomic mass is 9.96. The standard InChI is InChI=1S/C24H24N4O/c1-15(2)29-17-9-10-18-19(11-12-25-21(18)14-17)23-22-8-5-13-28(22)27-24(23)20-7-4-6-16(3)26-20/h4,6-7,9-12,14-15H,5,8,13H2,1-3H3. The summed E-state index contributed by atoms with van der Waals surface area (Å²) in [5.74, 6) is 0.845. The van der Waals surface area contributed by atoms with Gasteiger partial charge >= 0.3 is 0 Å². The highest BCUT2D eigenvalue weighted by molar-refractivity contribution is 5.99. The summed E-state index contributed by atoms with van der Waals surface area (Å²) in [4.78, 5) is 9.36. The Labute approximate surface area is 170 Å². The molecule has 29 heavy (non-hydrogen) atoms. The molecule has 0 radical (unpaired) electrons. The van der Waals surface area contributed by atoms with E-state index in [1.165, 1.54) is 11.3 Å². The van der Waals surface area contributed by atoms with Crippen LogP contribution < -0.4 is 4.74 Å². The summed E-state index contributed by atoms with van der Waals surface area (Å²) in [7, 11) is 0. The van der Waals surface area contributed by atoms with Crippen molar-refractivity contribution in [2.24, 2.45) is 0 Å². The molecule has 0 unspecified atom stereocenters. The van der Waals surface area contributed by atoms with E-state index in [1.54, 1.807) is 0 Å². The number of fused-ring (bicyclic) bond motifs is 2. The van der Waals surface area contributed by atoms with Crippen LogP contribution in [0, 0.1) is 6.92 Å². The fourth-order valence-corrected chi connectivity index (χ4v) is 4.16. The van der Waals surface area contributed by atoms with Gasteiger partial charge in [0.2, 0.25) is 0 Å². The first-order chi connectivity index (χ1) is 14.1. The number of pyridine rings is 2. The van der Waals surface area contributed by atoms with Crippen LogP contribution in [-0.4, -0.2) is 25.9 Å². The number of ether oxygens (including phenoxy) is 1. The lowest BCUT2D eigenvalue weighted by Crippen LogP contribution is -2.05. The molecule has 0 spiro atoms. The van der Waals surface area contributed by atoms with Crippen LogP contribution in [0.2, 0.25) is 0 Å². The van der Waals surface area contributed by atoms with Gasteiger partial charge in [0, 0.05) is 41.1 Å². The Morgan fingerprint density at radius 3 is 2.83 bits per heavy atom. The van der Waals surface area contributed by atoms with Crippen molar-refractivity contribution in [3.63, 3.8) is 0 Å². The molecule has 0 N–H and O–H groups in total. The Kier molecular flexibility index (Phi) is 4.31. The maximum atomic E-state index is 5.87. The quantitative estimate of drug-likeness (QED) is 0.485. The first-order valence-corrected chi connectivity index (χ1v) is 10.2. The third-order valence-corrected chi connectivity index (χ3v) is 5.33. The van der Waals surface area contributed by atoms with E-state index >= 15 is 0 Å². The topological polar surface area (TPSA) is 52.8 Å². The van der Waals surface area contributed by atoms with E-state index in [1.807, 2.05) is 57.3 Å². The molecule has 1 aromatic carbocycles. The van der Waals surface area contributed by atoms with E-state index in [9.17, 15) is 0 Å². The van der Waals surface area contributed by atoms with Gasteiger partial charge in [-0.25, -0.2) is 0 Å². The summed E-state index contributed by atoms with van der Waals surface area (Å²) in [5, 5.41) is 6.06. The SMILES string of the molecule is Cc1cccc(-c2nn3c(c2-c2ccnc4cc(OC(C)C)ccc24)CCC3)n1. The number of hydrogen-bond donors (Lipinski definition) is 0. The highest BCUT2D eigenvalue weighted by Crippen LogP contribution is 2.40. The Bertz CT molecular complexity index is 1210. The minimum Gasteiger partial charge on any atom is -0.491 e. The molecule has 5 nitrogen and oxygen atoms in total. The fraction of sp³-hybridized carbons (Fsp3) is 0.292. The fourth-order valence-electron chi connectivity index (χ4n) is 4.16. The lowest BCUT2D eigenvalue weighted by Gasteiger charge is -2.12. The number of nitrogens with zero attached hydrogens (tertiary/aromatic N) is 4. The molecule has 5 heteroatoms. The van der Waals surface area contributed by atoms with Crippen molar-refractivity contribution in [1.29, 1.82) is 0 Å². The first-order valence-electron chi connectivity index (χ1n) is 10.2. The molecule has 146 valence electrons. The predicted octanol–water partition coefficient (Wildman–Crippen LogP) is 5.20. The van der Waals surface area contributed by atoms with Crippen molar-refractivity contribution in [1.82, 2.24) is 19.7 Å². The van der Waals surface area contributed by atoms with E-state index in [-0.39, 0.29) is 6.10 Å². The van der Waals surface area contributed by atoms with Crippen molar-refractivity contribution >= 4 is 10.9 Å². The van der Waals surface area contributed by atoms with Crippen LogP contribution in [0.3, 0.4) is 0 Å². The van der Waals surface area contributed by atoms with E-state index < -0.39 is 0 Å². The molecule has 0 amide bonds. The number of benzene rings is 1. The van der Waals surface area contributed by atoms with Crippen molar-refractivity contribution in [3.05, 3.63) is 60.0 Å². The van der Waals surface area contributed by atoms with Crippen LogP contribution in [0.1, 0.15) is 31.7 Å². The summed E-state index contributed by atoms with van der Waals surface area (Å²) in [6.45, 7) is 7.05. The second-order valence-electron chi connectivity index (χ2n) is 7.87. The molecule has 0 atom stereocenters. The highest BCUT2D eigenvalue weighted by atomic mass is 16.5. The van der Waals surface area contributed by atoms with Gasteiger partial charge in [-0.2, -0.15) is 5.10 Å². The zero-order valence-electron chi connectivity index (χ0n) is 17.0. The minimum absolute atomic E-state index is 0.133. The van der Waals surface area contributed by atoms with Crippen LogP contribution in [0.4, 0.5) is 0 Å². The van der Waals surface area contributed by atoms with Gasteiger partial charge in [-0.15, -0.1) is 0 Å². The molecule has 3 aromatic heterocycles. The van der Waals surface area contributed by atoms with Crippen LogP contribution in [-0.2, 0) is 13.0 Å². The van der Waals surface area contributed by atoms with E-state index in [0.29, 0.717) is 0 Å². The molecular weight excluding hydrogens is 360 g/mol. The van der Waals surface area contributed by atoms with Crippen molar-refractivity contribution < 1.29 is 4.74 Å². The molecule has 0 bridgehead atoms. The van der Waals surface area contributed by atoms with Gasteiger partial charge in [-0.3, -0.25) is 14.6 Å². The summed E-state index contributed by atoms with van der Waals surface area (Å²) < 4.78 is 8.02. The third kappa shape index (κ3) is 3.16. The highest BCUT2D eigenvalue weighted by Gasteiger charge is 2.25. The van der Waals surface area contributed by atoms with E-state index in [2.05, 4.69) is 21.8 Å². The molecule has 4 heterocycles. The van der Waals surface area contributed by atoms with Crippen LogP contribution in [0.15, 0.2) is 48.7 Å². The van der Waals surface area contributed by atoms with Gasteiger partial charge in [0.05, 0.1) is 17.3 Å². The van der Waals surface area contributed by atoms with Crippen molar-refractivity contribution in [2.75, 3.05) is 0 Å². The second kappa shape index (κ2) is 6.99. The van der Waals surface area contributed by atoms with E-state index in [0.717, 1.165) is 58.7 Å². The van der Waals surface area contributed by atoms with Gasteiger partial charge in [0.15, 0.2) is 0 Å². The Morgan fingerprint density at radius 2 is 2.00 bits per heavy atom. The van der Waals surface area contributed by atoms with Crippen LogP contribution in [0.5, 0.6) is 5.75 Å². The maximum absolute atomic E-state index is 5.87. The smallest absolute Gasteiger partial charge is 0.121 e. The van der Waals surface area contributed by atoms with Gasteiger partial charge in [0.1, 0.15) is 11.4 Å². The summed E-state index contributed by atoms with van der Waals surface area (Å²) in [6.07, 6.45) is 4.18.